The molecule has 3 heteroatoms. The Labute approximate surface area is 113 Å². The second-order valence-corrected chi connectivity index (χ2v) is 4.96. The van der Waals surface area contributed by atoms with E-state index in [-0.39, 0.29) is 0 Å². The molecule has 2 N–H and O–H groups in total. The molecule has 0 aliphatic carbocycles. The Kier molecular flexibility index (Phi) is 3.78. The molecule has 0 aliphatic rings. The first-order valence-corrected chi connectivity index (χ1v) is 6.26. The van der Waals surface area contributed by atoms with E-state index in [9.17, 15) is 0 Å². The van der Waals surface area contributed by atoms with Crippen LogP contribution in [0, 0.1) is 6.92 Å². The highest BCUT2D eigenvalue weighted by Crippen LogP contribution is 2.28. The van der Waals surface area contributed by atoms with Crippen LogP contribution in [0.4, 0.5) is 11.4 Å². The Morgan fingerprint density at radius 1 is 1.17 bits per heavy atom. The summed E-state index contributed by atoms with van der Waals surface area (Å²) in [6.07, 6.45) is 0. The molecule has 94 valence electrons. The van der Waals surface area contributed by atoms with Gasteiger partial charge in [0.1, 0.15) is 0 Å². The van der Waals surface area contributed by atoms with Crippen LogP contribution < -0.4 is 10.6 Å². The van der Waals surface area contributed by atoms with Crippen molar-refractivity contribution in [3.63, 3.8) is 0 Å². The van der Waals surface area contributed by atoms with Crippen molar-refractivity contribution in [2.24, 2.45) is 0 Å². The maximum Gasteiger partial charge on any atom is 0.0660 e. The predicted octanol–water partition coefficient (Wildman–Crippen LogP) is 3.87. The van der Waals surface area contributed by atoms with Gasteiger partial charge in [-0.2, -0.15) is 0 Å². The van der Waals surface area contributed by atoms with Gasteiger partial charge in [-0.25, -0.2) is 0 Å². The molecule has 0 radical (unpaired) electrons. The molecule has 0 fully saturated rings. The normalized spacial score (nSPS) is 10.4. The fraction of sp³-hybridized carbons (Fsp3) is 0.200. The van der Waals surface area contributed by atoms with E-state index in [0.29, 0.717) is 10.7 Å². The average Bonchev–Trinajstić information content (AvgIpc) is 2.28. The van der Waals surface area contributed by atoms with E-state index in [0.717, 1.165) is 12.2 Å². The van der Waals surface area contributed by atoms with Crippen LogP contribution in [-0.4, -0.2) is 7.05 Å². The summed E-state index contributed by atoms with van der Waals surface area (Å²) in [5.41, 5.74) is 9.91. The molecule has 2 rings (SSSR count). The van der Waals surface area contributed by atoms with E-state index in [2.05, 4.69) is 36.1 Å². The van der Waals surface area contributed by atoms with Crippen LogP contribution in [0.15, 0.2) is 42.5 Å². The third-order valence-corrected chi connectivity index (χ3v) is 3.19. The van der Waals surface area contributed by atoms with Gasteiger partial charge in [0.25, 0.3) is 0 Å². The van der Waals surface area contributed by atoms with Gasteiger partial charge in [0.2, 0.25) is 0 Å². The Hall–Kier alpha value is -1.67. The van der Waals surface area contributed by atoms with Crippen LogP contribution >= 0.6 is 11.6 Å². The van der Waals surface area contributed by atoms with Crippen LogP contribution in [-0.2, 0) is 6.54 Å². The van der Waals surface area contributed by atoms with Crippen molar-refractivity contribution in [1.29, 1.82) is 0 Å². The molecule has 0 heterocycles. The van der Waals surface area contributed by atoms with E-state index >= 15 is 0 Å². The molecule has 0 saturated carbocycles. The van der Waals surface area contributed by atoms with E-state index in [1.165, 1.54) is 11.1 Å². The van der Waals surface area contributed by atoms with Gasteiger partial charge in [0.05, 0.1) is 10.7 Å². The zero-order valence-corrected chi connectivity index (χ0v) is 11.4. The van der Waals surface area contributed by atoms with E-state index in [1.54, 1.807) is 6.07 Å². The molecule has 0 unspecified atom stereocenters. The number of halogens is 1. The Morgan fingerprint density at radius 3 is 2.61 bits per heavy atom. The molecule has 18 heavy (non-hydrogen) atoms. The van der Waals surface area contributed by atoms with Gasteiger partial charge in [-0.05, 0) is 30.7 Å². The number of benzene rings is 2. The van der Waals surface area contributed by atoms with E-state index < -0.39 is 0 Å². The summed E-state index contributed by atoms with van der Waals surface area (Å²) in [6, 6.07) is 14.1. The predicted molar refractivity (Wildman–Crippen MR) is 79.2 cm³/mol. The Morgan fingerprint density at radius 2 is 1.94 bits per heavy atom. The monoisotopic (exact) mass is 260 g/mol. The second-order valence-electron chi connectivity index (χ2n) is 4.56. The van der Waals surface area contributed by atoms with Crippen LogP contribution in [0.3, 0.4) is 0 Å². The third-order valence-electron chi connectivity index (χ3n) is 2.89. The molecule has 0 amide bonds. The molecule has 0 spiro atoms. The summed E-state index contributed by atoms with van der Waals surface area (Å²) in [5, 5.41) is 0.685. The lowest BCUT2D eigenvalue weighted by molar-refractivity contribution is 0.922. The molecule has 2 nitrogen and oxygen atoms in total. The van der Waals surface area contributed by atoms with Crippen LogP contribution in [0.25, 0.3) is 0 Å². The summed E-state index contributed by atoms with van der Waals surface area (Å²) in [4.78, 5) is 2.12. The van der Waals surface area contributed by atoms with Crippen molar-refractivity contribution >= 4 is 23.0 Å². The Bertz CT molecular complexity index is 552. The third kappa shape index (κ3) is 2.96. The fourth-order valence-electron chi connectivity index (χ4n) is 2.00. The van der Waals surface area contributed by atoms with Crippen LogP contribution in [0.1, 0.15) is 11.1 Å². The summed E-state index contributed by atoms with van der Waals surface area (Å²) in [7, 11) is 2.03. The average molecular weight is 261 g/mol. The molecule has 2 aromatic rings. The van der Waals surface area contributed by atoms with Crippen molar-refractivity contribution in [2.45, 2.75) is 13.5 Å². The highest BCUT2D eigenvalue weighted by Gasteiger charge is 2.07. The topological polar surface area (TPSA) is 29.3 Å². The zero-order valence-electron chi connectivity index (χ0n) is 10.7. The lowest BCUT2D eigenvalue weighted by Gasteiger charge is -2.21. The number of nitrogens with two attached hydrogens (primary N) is 1. The number of nitrogen functional groups attached to an aromatic ring is 1. The van der Waals surface area contributed by atoms with Gasteiger partial charge in [-0.1, -0.05) is 41.4 Å². The van der Waals surface area contributed by atoms with Gasteiger partial charge >= 0.3 is 0 Å². The summed E-state index contributed by atoms with van der Waals surface area (Å²) in [6.45, 7) is 2.92. The first kappa shape index (κ1) is 12.8. The van der Waals surface area contributed by atoms with Gasteiger partial charge in [-0.3, -0.25) is 0 Å². The number of nitrogens with zero attached hydrogens (tertiary/aromatic N) is 1. The highest BCUT2D eigenvalue weighted by molar-refractivity contribution is 6.33. The maximum absolute atomic E-state index is 6.20. The standard InChI is InChI=1S/C15H17ClN2/c1-11-4-3-5-12(8-11)10-18(2)15-7-6-13(17)9-14(15)16/h3-9H,10,17H2,1-2H3. The quantitative estimate of drug-likeness (QED) is 0.849. The smallest absolute Gasteiger partial charge is 0.0660 e. The molecular weight excluding hydrogens is 244 g/mol. The SMILES string of the molecule is Cc1cccc(CN(C)c2ccc(N)cc2Cl)c1. The fourth-order valence-corrected chi connectivity index (χ4v) is 2.34. The number of aryl methyl sites for hydroxylation is 1. The van der Waals surface area contributed by atoms with Crippen LogP contribution in [0.2, 0.25) is 5.02 Å². The summed E-state index contributed by atoms with van der Waals surface area (Å²) in [5.74, 6) is 0. The lowest BCUT2D eigenvalue weighted by atomic mass is 10.1. The van der Waals surface area contributed by atoms with Gasteiger partial charge in [0, 0.05) is 19.3 Å². The van der Waals surface area contributed by atoms with Gasteiger partial charge in [0.15, 0.2) is 0 Å². The lowest BCUT2D eigenvalue weighted by Crippen LogP contribution is -2.16. The number of rotatable bonds is 3. The molecule has 0 bridgehead atoms. The van der Waals surface area contributed by atoms with Crippen molar-refractivity contribution < 1.29 is 0 Å². The zero-order chi connectivity index (χ0) is 13.1. The molecule has 0 aromatic heterocycles. The minimum Gasteiger partial charge on any atom is -0.399 e. The first-order valence-electron chi connectivity index (χ1n) is 5.88. The number of hydrogen-bond acceptors (Lipinski definition) is 2. The van der Waals surface area contributed by atoms with Gasteiger partial charge in [-0.15, -0.1) is 0 Å². The maximum atomic E-state index is 6.20. The van der Waals surface area contributed by atoms with Crippen molar-refractivity contribution in [1.82, 2.24) is 0 Å². The van der Waals surface area contributed by atoms with Crippen molar-refractivity contribution in [3.05, 3.63) is 58.6 Å². The van der Waals surface area contributed by atoms with Crippen LogP contribution in [0.5, 0.6) is 0 Å². The number of anilines is 2. The number of hydrogen-bond donors (Lipinski definition) is 1. The minimum absolute atomic E-state index is 0.685. The molecule has 2 aromatic carbocycles. The first-order chi connectivity index (χ1) is 8.56. The van der Waals surface area contributed by atoms with Crippen molar-refractivity contribution in [2.75, 3.05) is 17.7 Å². The van der Waals surface area contributed by atoms with Gasteiger partial charge < -0.3 is 10.6 Å². The Balaban J connectivity index is 2.19. The molecule has 0 saturated heterocycles. The molecule has 0 atom stereocenters. The largest absolute Gasteiger partial charge is 0.399 e. The van der Waals surface area contributed by atoms with Crippen molar-refractivity contribution in [3.8, 4) is 0 Å². The minimum atomic E-state index is 0.685. The molecular formula is C15H17ClN2. The second kappa shape index (κ2) is 5.32. The summed E-state index contributed by atoms with van der Waals surface area (Å²) < 4.78 is 0. The molecule has 0 aliphatic heterocycles. The summed E-state index contributed by atoms with van der Waals surface area (Å²) >= 11 is 6.20. The highest BCUT2D eigenvalue weighted by atomic mass is 35.5. The van der Waals surface area contributed by atoms with E-state index in [1.807, 2.05) is 19.2 Å². The van der Waals surface area contributed by atoms with E-state index in [4.69, 9.17) is 17.3 Å².